The van der Waals surface area contributed by atoms with Crippen LogP contribution >= 0.6 is 11.8 Å². The van der Waals surface area contributed by atoms with Gasteiger partial charge in [-0.05, 0) is 50.5 Å². The van der Waals surface area contributed by atoms with Gasteiger partial charge >= 0.3 is 0 Å². The van der Waals surface area contributed by atoms with Gasteiger partial charge in [-0.3, -0.25) is 9.59 Å². The highest BCUT2D eigenvalue weighted by Crippen LogP contribution is 2.33. The fraction of sp³-hybridized carbons (Fsp3) is 0.316. The molecule has 24 heavy (non-hydrogen) atoms. The second-order valence-corrected chi connectivity index (χ2v) is 7.07. The molecule has 4 nitrogen and oxygen atoms in total. The van der Waals surface area contributed by atoms with E-state index in [-0.39, 0.29) is 17.6 Å². The number of carbonyl (C=O) groups excluding carboxylic acids is 2. The van der Waals surface area contributed by atoms with Gasteiger partial charge in [-0.15, -0.1) is 0 Å². The van der Waals surface area contributed by atoms with Crippen molar-refractivity contribution in [3.05, 3.63) is 53.2 Å². The second-order valence-electron chi connectivity index (χ2n) is 6.11. The first-order valence-electron chi connectivity index (χ1n) is 8.05. The number of nitrogens with zero attached hydrogens (tertiary/aromatic N) is 1. The van der Waals surface area contributed by atoms with E-state index in [1.807, 2.05) is 50.2 Å². The number of amides is 1. The van der Waals surface area contributed by atoms with E-state index in [2.05, 4.69) is 10.3 Å². The lowest BCUT2D eigenvalue weighted by molar-refractivity contribution is -0.117. The highest BCUT2D eigenvalue weighted by Gasteiger charge is 2.29. The number of anilines is 1. The summed E-state index contributed by atoms with van der Waals surface area (Å²) in [5, 5.41) is 3.54. The summed E-state index contributed by atoms with van der Waals surface area (Å²) in [6.07, 6.45) is 2.00. The monoisotopic (exact) mass is 340 g/mol. The van der Waals surface area contributed by atoms with Gasteiger partial charge in [0.25, 0.3) is 5.91 Å². The molecule has 1 fully saturated rings. The van der Waals surface area contributed by atoms with E-state index in [4.69, 9.17) is 0 Å². The number of Topliss-reactive ketones (excluding diaryl/α,β-unsaturated/α-hetero) is 1. The molecule has 0 unspecified atom stereocenters. The Morgan fingerprint density at radius 1 is 1.21 bits per heavy atom. The van der Waals surface area contributed by atoms with Crippen molar-refractivity contribution in [3.63, 3.8) is 0 Å². The Balaban J connectivity index is 1.82. The summed E-state index contributed by atoms with van der Waals surface area (Å²) in [6.45, 7) is 3.81. The molecule has 0 radical (unpaired) electrons. The fourth-order valence-corrected chi connectivity index (χ4v) is 3.68. The van der Waals surface area contributed by atoms with Crippen LogP contribution in [0.5, 0.6) is 0 Å². The Hall–Kier alpha value is -2.14. The zero-order valence-corrected chi connectivity index (χ0v) is 14.7. The number of aromatic nitrogens is 1. The topological polar surface area (TPSA) is 59.1 Å². The van der Waals surface area contributed by atoms with Crippen LogP contribution in [-0.2, 0) is 4.79 Å². The van der Waals surface area contributed by atoms with E-state index in [1.165, 1.54) is 11.8 Å². The molecule has 5 heteroatoms. The summed E-state index contributed by atoms with van der Waals surface area (Å²) < 4.78 is 0. The zero-order chi connectivity index (χ0) is 17.1. The van der Waals surface area contributed by atoms with Crippen molar-refractivity contribution >= 4 is 29.1 Å². The van der Waals surface area contributed by atoms with Crippen LogP contribution in [0.15, 0.2) is 41.4 Å². The minimum Gasteiger partial charge on any atom is -0.322 e. The van der Waals surface area contributed by atoms with Crippen LogP contribution in [0.2, 0.25) is 0 Å². The number of thioether (sulfide) groups is 1. The Labute approximate surface area is 146 Å². The summed E-state index contributed by atoms with van der Waals surface area (Å²) in [6, 6.07) is 11.2. The van der Waals surface area contributed by atoms with Crippen molar-refractivity contribution in [2.45, 2.75) is 31.7 Å². The van der Waals surface area contributed by atoms with E-state index in [9.17, 15) is 9.59 Å². The van der Waals surface area contributed by atoms with Crippen LogP contribution in [0.4, 0.5) is 5.69 Å². The molecular weight excluding hydrogens is 320 g/mol. The molecule has 1 aromatic carbocycles. The minimum atomic E-state index is -0.187. The average Bonchev–Trinajstić information content (AvgIpc) is 3.37. The van der Waals surface area contributed by atoms with Crippen LogP contribution in [-0.4, -0.2) is 22.4 Å². The number of ketones is 1. The van der Waals surface area contributed by atoms with Crippen molar-refractivity contribution in [1.29, 1.82) is 0 Å². The summed E-state index contributed by atoms with van der Waals surface area (Å²) >= 11 is 1.37. The predicted molar refractivity (Wildman–Crippen MR) is 96.6 cm³/mol. The van der Waals surface area contributed by atoms with Gasteiger partial charge in [0.1, 0.15) is 10.8 Å². The molecule has 0 atom stereocenters. The van der Waals surface area contributed by atoms with Gasteiger partial charge in [0.15, 0.2) is 0 Å². The van der Waals surface area contributed by atoms with Gasteiger partial charge in [-0.1, -0.05) is 30.0 Å². The van der Waals surface area contributed by atoms with E-state index < -0.39 is 0 Å². The van der Waals surface area contributed by atoms with E-state index in [1.54, 1.807) is 0 Å². The largest absolute Gasteiger partial charge is 0.322 e. The van der Waals surface area contributed by atoms with E-state index >= 15 is 0 Å². The molecule has 3 rings (SSSR count). The lowest BCUT2D eigenvalue weighted by atomic mass is 10.1. The third-order valence-electron chi connectivity index (χ3n) is 3.95. The summed E-state index contributed by atoms with van der Waals surface area (Å²) in [5.41, 5.74) is 3.02. The third-order valence-corrected chi connectivity index (χ3v) is 4.95. The molecular formula is C19H20N2O2S. The number of para-hydroxylation sites is 1. The van der Waals surface area contributed by atoms with Gasteiger partial charge in [0, 0.05) is 17.3 Å². The van der Waals surface area contributed by atoms with Gasteiger partial charge in [0.2, 0.25) is 0 Å². The number of hydrogen-bond donors (Lipinski definition) is 1. The van der Waals surface area contributed by atoms with Crippen LogP contribution in [0, 0.1) is 19.8 Å². The summed E-state index contributed by atoms with van der Waals surface area (Å²) in [4.78, 5) is 29.2. The Bertz CT molecular complexity index is 770. The molecule has 1 aromatic heterocycles. The predicted octanol–water partition coefficient (Wildman–Crippen LogP) is 4.02. The van der Waals surface area contributed by atoms with Crippen molar-refractivity contribution in [3.8, 4) is 0 Å². The Morgan fingerprint density at radius 2 is 1.92 bits per heavy atom. The molecule has 0 spiro atoms. The number of benzene rings is 1. The zero-order valence-electron chi connectivity index (χ0n) is 13.8. The quantitative estimate of drug-likeness (QED) is 0.807. The summed E-state index contributed by atoms with van der Waals surface area (Å²) in [7, 11) is 0. The number of carbonyl (C=O) groups is 2. The minimum absolute atomic E-state index is 0.187. The maximum Gasteiger partial charge on any atom is 0.258 e. The molecule has 124 valence electrons. The smallest absolute Gasteiger partial charge is 0.258 e. The SMILES string of the molecule is Cc1cc(C)c(C(=O)Nc2ccccc2)c(SCC(=O)C2CC2)n1. The van der Waals surface area contributed by atoms with Crippen LogP contribution < -0.4 is 5.32 Å². The van der Waals surface area contributed by atoms with Crippen LogP contribution in [0.3, 0.4) is 0 Å². The molecule has 0 saturated heterocycles. The lowest BCUT2D eigenvalue weighted by Gasteiger charge is -2.13. The second kappa shape index (κ2) is 7.18. The van der Waals surface area contributed by atoms with Crippen LogP contribution in [0.1, 0.15) is 34.5 Å². The van der Waals surface area contributed by atoms with E-state index in [0.29, 0.717) is 16.3 Å². The van der Waals surface area contributed by atoms with Crippen LogP contribution in [0.25, 0.3) is 0 Å². The lowest BCUT2D eigenvalue weighted by Crippen LogP contribution is -2.16. The van der Waals surface area contributed by atoms with Gasteiger partial charge < -0.3 is 5.32 Å². The van der Waals surface area contributed by atoms with Gasteiger partial charge in [0.05, 0.1) is 11.3 Å². The fourth-order valence-electron chi connectivity index (χ4n) is 2.56. The molecule has 0 aliphatic heterocycles. The first-order valence-corrected chi connectivity index (χ1v) is 9.03. The number of aryl methyl sites for hydroxylation is 2. The molecule has 1 heterocycles. The number of nitrogens with one attached hydrogen (secondary N) is 1. The van der Waals surface area contributed by atoms with Crippen molar-refractivity contribution in [2.24, 2.45) is 5.92 Å². The number of pyridine rings is 1. The van der Waals surface area contributed by atoms with Crippen molar-refractivity contribution < 1.29 is 9.59 Å². The molecule has 1 saturated carbocycles. The van der Waals surface area contributed by atoms with Gasteiger partial charge in [-0.2, -0.15) is 0 Å². The summed E-state index contributed by atoms with van der Waals surface area (Å²) in [5.74, 6) is 0.680. The maximum atomic E-state index is 12.7. The first-order chi connectivity index (χ1) is 11.5. The average molecular weight is 340 g/mol. The highest BCUT2D eigenvalue weighted by atomic mass is 32.2. The number of rotatable bonds is 6. The Kier molecular flexibility index (Phi) is 5.00. The van der Waals surface area contributed by atoms with Crippen molar-refractivity contribution in [1.82, 2.24) is 4.98 Å². The maximum absolute atomic E-state index is 12.7. The standard InChI is InChI=1S/C19H20N2O2S/c1-12-10-13(2)20-19(24-11-16(22)14-8-9-14)17(12)18(23)21-15-6-4-3-5-7-15/h3-7,10,14H,8-9,11H2,1-2H3,(H,21,23). The molecule has 1 aliphatic carbocycles. The van der Waals surface area contributed by atoms with Gasteiger partial charge in [-0.25, -0.2) is 4.98 Å². The van der Waals surface area contributed by atoms with E-state index in [0.717, 1.165) is 29.8 Å². The number of hydrogen-bond acceptors (Lipinski definition) is 4. The third kappa shape index (κ3) is 4.03. The first kappa shape index (κ1) is 16.7. The Morgan fingerprint density at radius 3 is 2.58 bits per heavy atom. The molecule has 2 aromatic rings. The normalized spacial score (nSPS) is 13.6. The molecule has 1 aliphatic rings. The van der Waals surface area contributed by atoms with Crippen molar-refractivity contribution in [2.75, 3.05) is 11.1 Å². The molecule has 1 amide bonds. The molecule has 0 bridgehead atoms. The molecule has 1 N–H and O–H groups in total. The highest BCUT2D eigenvalue weighted by molar-refractivity contribution is 8.00.